The molecular formula is C13H12N3O3+. The summed E-state index contributed by atoms with van der Waals surface area (Å²) >= 11 is 0. The summed E-state index contributed by atoms with van der Waals surface area (Å²) in [6, 6.07) is 4.44. The van der Waals surface area contributed by atoms with Crippen molar-refractivity contribution in [1.82, 2.24) is 5.32 Å². The van der Waals surface area contributed by atoms with E-state index >= 15 is 0 Å². The van der Waals surface area contributed by atoms with Gasteiger partial charge >= 0.3 is 5.91 Å². The molecule has 2 aliphatic heterocycles. The fourth-order valence-electron chi connectivity index (χ4n) is 2.43. The van der Waals surface area contributed by atoms with E-state index < -0.39 is 11.9 Å². The van der Waals surface area contributed by atoms with Gasteiger partial charge < -0.3 is 5.73 Å². The smallest absolute Gasteiger partial charge is 0.398 e. The van der Waals surface area contributed by atoms with E-state index in [0.717, 1.165) is 0 Å². The van der Waals surface area contributed by atoms with Crippen LogP contribution in [0.25, 0.3) is 0 Å². The highest BCUT2D eigenvalue weighted by molar-refractivity contribution is 6.09. The zero-order valence-electron chi connectivity index (χ0n) is 10.1. The number of nitrogens with one attached hydrogen (secondary N) is 1. The van der Waals surface area contributed by atoms with Gasteiger partial charge in [-0.15, -0.1) is 0 Å². The number of hydrogen-bond donors (Lipinski definition) is 2. The first-order valence-electron chi connectivity index (χ1n) is 5.97. The second kappa shape index (κ2) is 4.01. The third kappa shape index (κ3) is 1.72. The lowest BCUT2D eigenvalue weighted by molar-refractivity contribution is -0.452. The number of nitrogen functional groups attached to an aromatic ring is 1. The summed E-state index contributed by atoms with van der Waals surface area (Å²) < 4.78 is 1.36. The molecule has 2 heterocycles. The van der Waals surface area contributed by atoms with Gasteiger partial charge in [-0.25, -0.2) is 4.79 Å². The van der Waals surface area contributed by atoms with Crippen LogP contribution in [-0.2, 0) is 9.59 Å². The first kappa shape index (κ1) is 11.6. The minimum Gasteiger partial charge on any atom is -0.398 e. The molecule has 1 aromatic rings. The molecule has 1 aromatic carbocycles. The maximum atomic E-state index is 12.2. The molecular weight excluding hydrogens is 246 g/mol. The van der Waals surface area contributed by atoms with Gasteiger partial charge in [-0.1, -0.05) is 6.07 Å². The molecule has 3 rings (SSSR count). The summed E-state index contributed by atoms with van der Waals surface area (Å²) in [4.78, 5) is 35.2. The van der Waals surface area contributed by atoms with E-state index in [9.17, 15) is 14.4 Å². The lowest BCUT2D eigenvalue weighted by atomic mass is 10.1. The number of imide groups is 1. The van der Waals surface area contributed by atoms with Crippen molar-refractivity contribution >= 4 is 29.6 Å². The van der Waals surface area contributed by atoms with Gasteiger partial charge in [-0.2, -0.15) is 4.58 Å². The number of nitrogens with two attached hydrogens (primary N) is 1. The summed E-state index contributed by atoms with van der Waals surface area (Å²) in [5.41, 5.74) is 7.45. The van der Waals surface area contributed by atoms with Crippen molar-refractivity contribution in [3.05, 3.63) is 29.3 Å². The third-order valence-corrected chi connectivity index (χ3v) is 3.42. The van der Waals surface area contributed by atoms with Gasteiger partial charge in [0.2, 0.25) is 11.9 Å². The lowest BCUT2D eigenvalue weighted by Gasteiger charge is -2.16. The van der Waals surface area contributed by atoms with Crippen LogP contribution in [0, 0.1) is 0 Å². The standard InChI is InChI=1S/C13H11N3O3/c14-9-3-1-2-7-8(9)6-16(13(7)19)10-4-5-11(17)15-12(10)18/h1-3,6,10,14H,4-5H2,(H,15,17,18)/p+1. The van der Waals surface area contributed by atoms with E-state index in [-0.39, 0.29) is 18.2 Å². The number of rotatable bonds is 1. The zero-order chi connectivity index (χ0) is 13.6. The number of nitrogens with zero attached hydrogens (tertiary/aromatic N) is 1. The van der Waals surface area contributed by atoms with Crippen LogP contribution in [0.1, 0.15) is 28.8 Å². The Labute approximate surface area is 108 Å². The summed E-state index contributed by atoms with van der Waals surface area (Å²) in [7, 11) is 0. The molecule has 1 saturated heterocycles. The molecule has 0 spiro atoms. The van der Waals surface area contributed by atoms with E-state index in [1.54, 1.807) is 24.4 Å². The van der Waals surface area contributed by atoms with Crippen molar-refractivity contribution in [1.29, 1.82) is 0 Å². The second-order valence-corrected chi connectivity index (χ2v) is 4.62. The number of anilines is 1. The monoisotopic (exact) mass is 258 g/mol. The van der Waals surface area contributed by atoms with E-state index in [1.165, 1.54) is 4.58 Å². The molecule has 96 valence electrons. The molecule has 0 aromatic heterocycles. The van der Waals surface area contributed by atoms with Crippen LogP contribution in [-0.4, -0.2) is 34.6 Å². The molecule has 3 amide bonds. The Bertz CT molecular complexity index is 649. The minimum atomic E-state index is -0.642. The summed E-state index contributed by atoms with van der Waals surface area (Å²) in [5, 5.41) is 2.25. The van der Waals surface area contributed by atoms with Crippen LogP contribution in [0.4, 0.5) is 5.69 Å². The van der Waals surface area contributed by atoms with Gasteiger partial charge in [-0.3, -0.25) is 14.9 Å². The van der Waals surface area contributed by atoms with Crippen molar-refractivity contribution in [3.8, 4) is 0 Å². The highest BCUT2D eigenvalue weighted by Crippen LogP contribution is 2.23. The number of benzene rings is 1. The molecule has 6 heteroatoms. The van der Waals surface area contributed by atoms with Gasteiger partial charge in [0.15, 0.2) is 6.21 Å². The Morgan fingerprint density at radius 2 is 2.05 bits per heavy atom. The van der Waals surface area contributed by atoms with Gasteiger partial charge in [0.25, 0.3) is 5.91 Å². The molecule has 0 bridgehead atoms. The molecule has 0 saturated carbocycles. The Morgan fingerprint density at radius 3 is 2.74 bits per heavy atom. The molecule has 0 aliphatic carbocycles. The van der Waals surface area contributed by atoms with E-state index in [4.69, 9.17) is 5.73 Å². The highest BCUT2D eigenvalue weighted by atomic mass is 16.2. The van der Waals surface area contributed by atoms with Crippen LogP contribution in [0.5, 0.6) is 0 Å². The molecule has 1 unspecified atom stereocenters. The van der Waals surface area contributed by atoms with Crippen molar-refractivity contribution < 1.29 is 19.0 Å². The third-order valence-electron chi connectivity index (χ3n) is 3.42. The normalized spacial score (nSPS) is 22.0. The van der Waals surface area contributed by atoms with Crippen molar-refractivity contribution in [3.63, 3.8) is 0 Å². The first-order chi connectivity index (χ1) is 9.08. The molecule has 2 aliphatic rings. The predicted molar refractivity (Wildman–Crippen MR) is 66.8 cm³/mol. The highest BCUT2D eigenvalue weighted by Gasteiger charge is 2.43. The molecule has 3 N–H and O–H groups in total. The van der Waals surface area contributed by atoms with Crippen LogP contribution in [0.2, 0.25) is 0 Å². The van der Waals surface area contributed by atoms with Gasteiger partial charge in [0.1, 0.15) is 5.56 Å². The number of carbonyl (C=O) groups excluding carboxylic acids is 3. The Morgan fingerprint density at radius 1 is 1.26 bits per heavy atom. The van der Waals surface area contributed by atoms with Gasteiger partial charge in [0, 0.05) is 18.5 Å². The Hall–Kier alpha value is -2.50. The van der Waals surface area contributed by atoms with Crippen molar-refractivity contribution in [2.45, 2.75) is 18.9 Å². The van der Waals surface area contributed by atoms with Gasteiger partial charge in [-0.05, 0) is 12.1 Å². The van der Waals surface area contributed by atoms with E-state index in [0.29, 0.717) is 23.2 Å². The van der Waals surface area contributed by atoms with E-state index in [2.05, 4.69) is 5.32 Å². The quantitative estimate of drug-likeness (QED) is 0.409. The second-order valence-electron chi connectivity index (χ2n) is 4.62. The van der Waals surface area contributed by atoms with Crippen LogP contribution in [0.15, 0.2) is 18.2 Å². The fraction of sp³-hybridized carbons (Fsp3) is 0.231. The molecule has 19 heavy (non-hydrogen) atoms. The summed E-state index contributed by atoms with van der Waals surface area (Å²) in [6.45, 7) is 0. The molecule has 1 atom stereocenters. The molecule has 1 fully saturated rings. The largest absolute Gasteiger partial charge is 0.421 e. The fourth-order valence-corrected chi connectivity index (χ4v) is 2.43. The number of fused-ring (bicyclic) bond motifs is 1. The van der Waals surface area contributed by atoms with Crippen molar-refractivity contribution in [2.75, 3.05) is 5.73 Å². The van der Waals surface area contributed by atoms with Crippen molar-refractivity contribution in [2.24, 2.45) is 0 Å². The molecule has 6 nitrogen and oxygen atoms in total. The predicted octanol–water partition coefficient (Wildman–Crippen LogP) is -0.341. The average molecular weight is 258 g/mol. The Kier molecular flexibility index (Phi) is 2.45. The number of piperidine rings is 1. The maximum absolute atomic E-state index is 12.2. The number of amides is 3. The number of hydrogen-bond acceptors (Lipinski definition) is 4. The zero-order valence-corrected chi connectivity index (χ0v) is 10.1. The number of carbonyl (C=O) groups is 3. The SMILES string of the molecule is Nc1cccc2c1C=[N+](C1CCC(=O)NC1=O)C2=O. The van der Waals surface area contributed by atoms with Gasteiger partial charge in [0.05, 0.1) is 5.56 Å². The summed E-state index contributed by atoms with van der Waals surface area (Å²) in [5.74, 6) is -0.992. The first-order valence-corrected chi connectivity index (χ1v) is 5.97. The average Bonchev–Trinajstić information content (AvgIpc) is 2.69. The topological polar surface area (TPSA) is 92.3 Å². The summed E-state index contributed by atoms with van der Waals surface area (Å²) in [6.07, 6.45) is 2.16. The maximum Gasteiger partial charge on any atom is 0.421 e. The lowest BCUT2D eigenvalue weighted by Crippen LogP contribution is -2.50. The van der Waals surface area contributed by atoms with Crippen LogP contribution in [0.3, 0.4) is 0 Å². The van der Waals surface area contributed by atoms with E-state index in [1.807, 2.05) is 0 Å². The Balaban J connectivity index is 1.99. The van der Waals surface area contributed by atoms with Crippen LogP contribution < -0.4 is 11.1 Å². The molecule has 0 radical (unpaired) electrons. The van der Waals surface area contributed by atoms with Crippen LogP contribution >= 0.6 is 0 Å². The minimum absolute atomic E-state index is 0.236.